The highest BCUT2D eigenvalue weighted by Crippen LogP contribution is 2.30. The molecule has 0 bridgehead atoms. The highest BCUT2D eigenvalue weighted by molar-refractivity contribution is 6.34. The average Bonchev–Trinajstić information content (AvgIpc) is 3.09. The summed E-state index contributed by atoms with van der Waals surface area (Å²) in [4.78, 5) is 52.2. The van der Waals surface area contributed by atoms with Gasteiger partial charge in [0.15, 0.2) is 6.10 Å². The number of imide groups is 1. The quantitative estimate of drug-likeness (QED) is 0.292. The number of carbonyl (C=O) groups is 4. The Balaban J connectivity index is 1.51. The van der Waals surface area contributed by atoms with Crippen LogP contribution in [0.25, 0.3) is 0 Å². The molecule has 4 rings (SSSR count). The predicted octanol–water partition coefficient (Wildman–Crippen LogP) is 4.62. The molecule has 0 fully saturated rings. The van der Waals surface area contributed by atoms with Crippen LogP contribution in [0.1, 0.15) is 60.8 Å². The maximum atomic E-state index is 13.0. The number of aryl methyl sites for hydroxylation is 1. The molecule has 7 nitrogen and oxygen atoms in total. The summed E-state index contributed by atoms with van der Waals surface area (Å²) < 4.78 is 10.7. The first-order valence-corrected chi connectivity index (χ1v) is 10.9. The van der Waals surface area contributed by atoms with E-state index in [-0.39, 0.29) is 22.5 Å². The molecule has 3 aromatic rings. The van der Waals surface area contributed by atoms with Gasteiger partial charge < -0.3 is 9.47 Å². The van der Waals surface area contributed by atoms with E-state index in [0.717, 1.165) is 10.5 Å². The fraction of sp³-hybridized carbons (Fsp3) is 0.185. The Bertz CT molecular complexity index is 1280. The van der Waals surface area contributed by atoms with Crippen molar-refractivity contribution in [1.29, 1.82) is 0 Å². The SMILES string of the molecule is CCOc1ccc(N2C(=O)c3ccc(C(=O)O[C@@H](C)C(=O)c4ccc(C)cc4)cc3C2=O)cc1. The van der Waals surface area contributed by atoms with Crippen LogP contribution in [0.5, 0.6) is 5.75 Å². The summed E-state index contributed by atoms with van der Waals surface area (Å²) in [5.74, 6) is -1.48. The molecule has 1 atom stereocenters. The summed E-state index contributed by atoms with van der Waals surface area (Å²) in [5.41, 5.74) is 2.22. The van der Waals surface area contributed by atoms with Crippen molar-refractivity contribution in [1.82, 2.24) is 0 Å². The summed E-state index contributed by atoms with van der Waals surface area (Å²) in [6.45, 7) is 5.77. The van der Waals surface area contributed by atoms with Gasteiger partial charge in [-0.2, -0.15) is 0 Å². The number of amides is 2. The summed E-state index contributed by atoms with van der Waals surface area (Å²) in [7, 11) is 0. The van der Waals surface area contributed by atoms with Crippen LogP contribution in [0.4, 0.5) is 5.69 Å². The third-order valence-corrected chi connectivity index (χ3v) is 5.52. The van der Waals surface area contributed by atoms with Crippen molar-refractivity contribution in [3.8, 4) is 5.75 Å². The molecule has 34 heavy (non-hydrogen) atoms. The molecule has 1 aliphatic rings. The van der Waals surface area contributed by atoms with Gasteiger partial charge in [0.05, 0.1) is 29.0 Å². The van der Waals surface area contributed by atoms with Gasteiger partial charge in [-0.15, -0.1) is 0 Å². The van der Waals surface area contributed by atoms with Crippen molar-refractivity contribution in [2.24, 2.45) is 0 Å². The number of Topliss-reactive ketones (excluding diaryl/α,β-unsaturated/α-hetero) is 1. The molecular weight excluding hydrogens is 434 g/mol. The zero-order valence-corrected chi connectivity index (χ0v) is 19.0. The second kappa shape index (κ2) is 9.31. The Morgan fingerprint density at radius 1 is 0.853 bits per heavy atom. The molecule has 172 valence electrons. The molecule has 0 saturated carbocycles. The maximum Gasteiger partial charge on any atom is 0.338 e. The van der Waals surface area contributed by atoms with E-state index < -0.39 is 23.9 Å². The lowest BCUT2D eigenvalue weighted by molar-refractivity contribution is 0.0318. The minimum absolute atomic E-state index is 0.0806. The second-order valence-electron chi connectivity index (χ2n) is 7.91. The molecule has 0 spiro atoms. The number of carbonyl (C=O) groups excluding carboxylic acids is 4. The lowest BCUT2D eigenvalue weighted by atomic mass is 10.0. The number of hydrogen-bond acceptors (Lipinski definition) is 6. The van der Waals surface area contributed by atoms with Crippen LogP contribution in [-0.2, 0) is 4.74 Å². The number of esters is 1. The molecule has 0 aliphatic carbocycles. The van der Waals surface area contributed by atoms with Gasteiger partial charge in [0, 0.05) is 5.56 Å². The number of ether oxygens (including phenoxy) is 2. The van der Waals surface area contributed by atoms with Gasteiger partial charge in [-0.25, -0.2) is 9.69 Å². The minimum Gasteiger partial charge on any atom is -0.494 e. The highest BCUT2D eigenvalue weighted by Gasteiger charge is 2.37. The topological polar surface area (TPSA) is 90.0 Å². The van der Waals surface area contributed by atoms with E-state index in [0.29, 0.717) is 23.6 Å². The number of hydrogen-bond donors (Lipinski definition) is 0. The standard InChI is InChI=1S/C27H23NO6/c1-4-33-21-12-10-20(11-13-21)28-25(30)22-14-9-19(15-23(22)26(28)31)27(32)34-17(3)24(29)18-7-5-16(2)6-8-18/h5-15,17H,4H2,1-3H3/t17-/m0/s1. The average molecular weight is 457 g/mol. The largest absolute Gasteiger partial charge is 0.494 e. The van der Waals surface area contributed by atoms with E-state index in [4.69, 9.17) is 9.47 Å². The van der Waals surface area contributed by atoms with Gasteiger partial charge in [0.25, 0.3) is 11.8 Å². The molecule has 1 heterocycles. The van der Waals surface area contributed by atoms with E-state index in [1.807, 2.05) is 13.8 Å². The number of rotatable bonds is 7. The van der Waals surface area contributed by atoms with Crippen LogP contribution >= 0.6 is 0 Å². The summed E-state index contributed by atoms with van der Waals surface area (Å²) in [6, 6.07) is 17.7. The van der Waals surface area contributed by atoms with Crippen LogP contribution in [0, 0.1) is 6.92 Å². The lowest BCUT2D eigenvalue weighted by Crippen LogP contribution is -2.29. The number of nitrogens with zero attached hydrogens (tertiary/aromatic N) is 1. The molecule has 3 aromatic carbocycles. The third-order valence-electron chi connectivity index (χ3n) is 5.52. The molecule has 1 aliphatic heterocycles. The second-order valence-corrected chi connectivity index (χ2v) is 7.91. The van der Waals surface area contributed by atoms with E-state index in [1.54, 1.807) is 48.5 Å². The monoisotopic (exact) mass is 457 g/mol. The predicted molar refractivity (Wildman–Crippen MR) is 126 cm³/mol. The van der Waals surface area contributed by atoms with Crippen molar-refractivity contribution in [3.63, 3.8) is 0 Å². The fourth-order valence-electron chi connectivity index (χ4n) is 3.70. The summed E-state index contributed by atoms with van der Waals surface area (Å²) in [5, 5.41) is 0. The van der Waals surface area contributed by atoms with E-state index in [9.17, 15) is 19.2 Å². The summed E-state index contributed by atoms with van der Waals surface area (Å²) >= 11 is 0. The van der Waals surface area contributed by atoms with Gasteiger partial charge in [0.1, 0.15) is 5.75 Å². The van der Waals surface area contributed by atoms with Crippen molar-refractivity contribution in [2.75, 3.05) is 11.5 Å². The fourth-order valence-corrected chi connectivity index (χ4v) is 3.70. The van der Waals surface area contributed by atoms with Crippen molar-refractivity contribution in [3.05, 3.63) is 94.5 Å². The summed E-state index contributed by atoms with van der Waals surface area (Å²) in [6.07, 6.45) is -1.01. The van der Waals surface area contributed by atoms with E-state index in [2.05, 4.69) is 0 Å². The van der Waals surface area contributed by atoms with Crippen molar-refractivity contribution < 1.29 is 28.7 Å². The first-order chi connectivity index (χ1) is 16.3. The van der Waals surface area contributed by atoms with Gasteiger partial charge in [-0.1, -0.05) is 29.8 Å². The van der Waals surface area contributed by atoms with Crippen LogP contribution in [0.3, 0.4) is 0 Å². The Kier molecular flexibility index (Phi) is 6.27. The molecule has 2 amide bonds. The maximum absolute atomic E-state index is 13.0. The third kappa shape index (κ3) is 4.32. The number of ketones is 1. The normalized spacial score (nSPS) is 13.4. The highest BCUT2D eigenvalue weighted by atomic mass is 16.5. The number of benzene rings is 3. The van der Waals surface area contributed by atoms with Gasteiger partial charge in [-0.05, 0) is 63.2 Å². The molecule has 7 heteroatoms. The van der Waals surface area contributed by atoms with Crippen molar-refractivity contribution in [2.45, 2.75) is 26.9 Å². The van der Waals surface area contributed by atoms with Crippen LogP contribution in [0.15, 0.2) is 66.7 Å². The van der Waals surface area contributed by atoms with Crippen LogP contribution < -0.4 is 9.64 Å². The first-order valence-electron chi connectivity index (χ1n) is 10.9. The van der Waals surface area contributed by atoms with Gasteiger partial charge in [0.2, 0.25) is 5.78 Å². The van der Waals surface area contributed by atoms with Gasteiger partial charge >= 0.3 is 5.97 Å². The number of fused-ring (bicyclic) bond motifs is 1. The molecule has 0 saturated heterocycles. The van der Waals surface area contributed by atoms with E-state index >= 15 is 0 Å². The van der Waals surface area contributed by atoms with Gasteiger partial charge in [-0.3, -0.25) is 14.4 Å². The first kappa shape index (κ1) is 22.9. The lowest BCUT2D eigenvalue weighted by Gasteiger charge is -2.14. The molecular formula is C27H23NO6. The Labute approximate surface area is 196 Å². The minimum atomic E-state index is -1.01. The molecule has 0 N–H and O–H groups in total. The Morgan fingerprint density at radius 3 is 2.12 bits per heavy atom. The zero-order chi connectivity index (χ0) is 24.4. The molecule has 0 aromatic heterocycles. The Hall–Kier alpha value is -4.26. The van der Waals surface area contributed by atoms with Crippen LogP contribution in [-0.4, -0.2) is 36.3 Å². The molecule has 0 unspecified atom stereocenters. The smallest absolute Gasteiger partial charge is 0.338 e. The van der Waals surface area contributed by atoms with Crippen LogP contribution in [0.2, 0.25) is 0 Å². The zero-order valence-electron chi connectivity index (χ0n) is 19.0. The molecule has 0 radical (unpaired) electrons. The number of anilines is 1. The van der Waals surface area contributed by atoms with Crippen molar-refractivity contribution >= 4 is 29.3 Å². The Morgan fingerprint density at radius 2 is 1.47 bits per heavy atom. The van der Waals surface area contributed by atoms with E-state index in [1.165, 1.54) is 25.1 Å².